The first-order chi connectivity index (χ1) is 17.3. The molecule has 1 aliphatic carbocycles. The smallest absolute Gasteiger partial charge is 0.346 e. The number of carboxylic acid groups (broad SMARTS) is 1. The van der Waals surface area contributed by atoms with Gasteiger partial charge in [-0.15, -0.1) is 17.8 Å². The summed E-state index contributed by atoms with van der Waals surface area (Å²) >= 11 is 1.60. The SMILES string of the molecule is C#Cc1sc2cc(N3c4ccccc4C4(C)CCCCC34C)ccc2c1/C=C\C/C=C(\C#N)C(=O)O. The van der Waals surface area contributed by atoms with Crippen molar-refractivity contribution in [1.29, 1.82) is 5.26 Å². The van der Waals surface area contributed by atoms with E-state index >= 15 is 0 Å². The van der Waals surface area contributed by atoms with Gasteiger partial charge in [-0.2, -0.15) is 5.26 Å². The quantitative estimate of drug-likeness (QED) is 0.227. The van der Waals surface area contributed by atoms with Gasteiger partial charge in [0, 0.05) is 32.4 Å². The van der Waals surface area contributed by atoms with Crippen LogP contribution >= 0.6 is 11.3 Å². The van der Waals surface area contributed by atoms with E-state index in [9.17, 15) is 4.79 Å². The third-order valence-electron chi connectivity index (χ3n) is 8.21. The molecule has 0 amide bonds. The summed E-state index contributed by atoms with van der Waals surface area (Å²) < 4.78 is 1.13. The van der Waals surface area contributed by atoms with Gasteiger partial charge >= 0.3 is 5.97 Å². The molecule has 1 aromatic heterocycles. The minimum atomic E-state index is -1.21. The lowest BCUT2D eigenvalue weighted by molar-refractivity contribution is -0.132. The first kappa shape index (κ1) is 23.9. The molecule has 2 heterocycles. The lowest BCUT2D eigenvalue weighted by Gasteiger charge is -2.50. The highest BCUT2D eigenvalue weighted by Crippen LogP contribution is 2.60. The zero-order valence-corrected chi connectivity index (χ0v) is 21.4. The second-order valence-corrected chi connectivity index (χ2v) is 11.1. The fraction of sp³-hybridized carbons (Fsp3) is 0.290. The minimum absolute atomic E-state index is 0.00643. The molecule has 5 heteroatoms. The molecule has 2 aliphatic rings. The highest BCUT2D eigenvalue weighted by molar-refractivity contribution is 7.19. The number of allylic oxidation sites excluding steroid dienone is 2. The third kappa shape index (κ3) is 3.55. The van der Waals surface area contributed by atoms with Gasteiger partial charge in [0.05, 0.1) is 10.4 Å². The van der Waals surface area contributed by atoms with Crippen LogP contribution in [0, 0.1) is 23.7 Å². The number of hydrogen-bond acceptors (Lipinski definition) is 4. The van der Waals surface area contributed by atoms with E-state index in [1.807, 2.05) is 12.2 Å². The second-order valence-electron chi connectivity index (χ2n) is 10.0. The Morgan fingerprint density at radius 2 is 2.00 bits per heavy atom. The van der Waals surface area contributed by atoms with Crippen molar-refractivity contribution in [3.8, 4) is 18.4 Å². The summed E-state index contributed by atoms with van der Waals surface area (Å²) in [4.78, 5) is 14.4. The number of terminal acetylenes is 1. The van der Waals surface area contributed by atoms with Crippen molar-refractivity contribution >= 4 is 44.8 Å². The van der Waals surface area contributed by atoms with E-state index in [0.717, 1.165) is 26.9 Å². The molecular weight excluding hydrogens is 464 g/mol. The van der Waals surface area contributed by atoms with Gasteiger partial charge in [0.15, 0.2) is 0 Å². The number of carboxylic acids is 1. The van der Waals surface area contributed by atoms with Crippen LogP contribution in [-0.4, -0.2) is 16.6 Å². The van der Waals surface area contributed by atoms with Gasteiger partial charge in [-0.3, -0.25) is 0 Å². The van der Waals surface area contributed by atoms with Gasteiger partial charge in [0.25, 0.3) is 0 Å². The Morgan fingerprint density at radius 3 is 2.75 bits per heavy atom. The molecule has 36 heavy (non-hydrogen) atoms. The first-order valence-electron chi connectivity index (χ1n) is 12.3. The molecule has 1 aliphatic heterocycles. The molecule has 2 atom stereocenters. The van der Waals surface area contributed by atoms with Gasteiger partial charge in [0.2, 0.25) is 0 Å². The standard InChI is InChI=1S/C31H28N2O2S/c1-4-27-23(12-6-5-11-21(20-32)29(34)35)24-16-15-22(19-28(24)36-27)33-26-14-8-7-13-25(26)30(2)17-9-10-18-31(30,33)3/h1,6-8,11-16,19H,5,9-10,17-18H2,2-3H3,(H,34,35)/b12-6-,21-11+. The van der Waals surface area contributed by atoms with Crippen LogP contribution in [0.25, 0.3) is 16.2 Å². The van der Waals surface area contributed by atoms with Gasteiger partial charge in [0.1, 0.15) is 11.6 Å². The number of aliphatic carboxylic acids is 1. The fourth-order valence-corrected chi connectivity index (χ4v) is 7.21. The molecule has 0 bridgehead atoms. The van der Waals surface area contributed by atoms with Crippen LogP contribution < -0.4 is 4.90 Å². The molecule has 0 spiro atoms. The molecule has 4 nitrogen and oxygen atoms in total. The van der Waals surface area contributed by atoms with E-state index < -0.39 is 5.97 Å². The molecule has 2 aromatic carbocycles. The van der Waals surface area contributed by atoms with Crippen LogP contribution in [0.5, 0.6) is 0 Å². The van der Waals surface area contributed by atoms with Crippen molar-refractivity contribution in [2.45, 2.75) is 56.9 Å². The third-order valence-corrected chi connectivity index (χ3v) is 9.31. The van der Waals surface area contributed by atoms with Crippen LogP contribution in [0.3, 0.4) is 0 Å². The number of nitriles is 1. The van der Waals surface area contributed by atoms with Crippen LogP contribution in [0.15, 0.2) is 60.2 Å². The van der Waals surface area contributed by atoms with Crippen molar-refractivity contribution in [1.82, 2.24) is 0 Å². The Kier molecular flexibility index (Phi) is 5.99. The summed E-state index contributed by atoms with van der Waals surface area (Å²) in [5.41, 5.74) is 4.75. The Balaban J connectivity index is 1.55. The van der Waals surface area contributed by atoms with Gasteiger partial charge in [-0.25, -0.2) is 4.79 Å². The summed E-state index contributed by atoms with van der Waals surface area (Å²) in [6, 6.07) is 17.2. The molecule has 180 valence electrons. The molecular formula is C31H28N2O2S. The number of hydrogen-bond donors (Lipinski definition) is 1. The monoisotopic (exact) mass is 492 g/mol. The number of carbonyl (C=O) groups is 1. The summed E-state index contributed by atoms with van der Waals surface area (Å²) in [6.07, 6.45) is 16.2. The Hall–Kier alpha value is -3.80. The molecule has 2 unspecified atom stereocenters. The fourth-order valence-electron chi connectivity index (χ4n) is 6.17. The second kappa shape index (κ2) is 9.01. The van der Waals surface area contributed by atoms with Gasteiger partial charge in [-0.1, -0.05) is 68.2 Å². The topological polar surface area (TPSA) is 64.3 Å². The lowest BCUT2D eigenvalue weighted by atomic mass is 9.61. The molecule has 3 aromatic rings. The molecule has 1 saturated carbocycles. The lowest BCUT2D eigenvalue weighted by Crippen LogP contribution is -2.54. The molecule has 0 radical (unpaired) electrons. The van der Waals surface area contributed by atoms with Gasteiger partial charge in [-0.05, 0) is 49.9 Å². The normalized spacial score (nSPS) is 23.3. The predicted octanol–water partition coefficient (Wildman–Crippen LogP) is 7.56. The highest BCUT2D eigenvalue weighted by atomic mass is 32.1. The van der Waals surface area contributed by atoms with Crippen molar-refractivity contribution in [2.75, 3.05) is 4.90 Å². The average Bonchev–Trinajstić information content (AvgIpc) is 3.32. The summed E-state index contributed by atoms with van der Waals surface area (Å²) in [5, 5.41) is 19.0. The Labute approximate surface area is 216 Å². The van der Waals surface area contributed by atoms with E-state index in [4.69, 9.17) is 16.8 Å². The number of anilines is 2. The number of benzene rings is 2. The number of thiophene rings is 1. The largest absolute Gasteiger partial charge is 0.477 e. The van der Waals surface area contributed by atoms with Crippen molar-refractivity contribution in [3.05, 3.63) is 76.2 Å². The van der Waals surface area contributed by atoms with E-state index in [-0.39, 0.29) is 16.5 Å². The maximum Gasteiger partial charge on any atom is 0.346 e. The number of nitrogens with zero attached hydrogens (tertiary/aromatic N) is 2. The Morgan fingerprint density at radius 1 is 1.22 bits per heavy atom. The molecule has 0 saturated heterocycles. The zero-order valence-electron chi connectivity index (χ0n) is 20.5. The van der Waals surface area contributed by atoms with Crippen LogP contribution in [-0.2, 0) is 10.2 Å². The zero-order chi connectivity index (χ0) is 25.5. The maximum atomic E-state index is 11.0. The molecule has 1 N–H and O–H groups in total. The van der Waals surface area contributed by atoms with Crippen LogP contribution in [0.2, 0.25) is 0 Å². The van der Waals surface area contributed by atoms with E-state index in [1.54, 1.807) is 17.4 Å². The number of para-hydroxylation sites is 1. The van der Waals surface area contributed by atoms with E-state index in [2.05, 4.69) is 67.1 Å². The minimum Gasteiger partial charge on any atom is -0.477 e. The Bertz CT molecular complexity index is 1520. The summed E-state index contributed by atoms with van der Waals surface area (Å²) in [5.74, 6) is 1.61. The number of fused-ring (bicyclic) bond motifs is 4. The highest BCUT2D eigenvalue weighted by Gasteiger charge is 2.57. The average molecular weight is 493 g/mol. The predicted molar refractivity (Wildman–Crippen MR) is 148 cm³/mol. The van der Waals surface area contributed by atoms with E-state index in [0.29, 0.717) is 6.42 Å². The summed E-state index contributed by atoms with van der Waals surface area (Å²) in [7, 11) is 0. The molecule has 5 rings (SSSR count). The van der Waals surface area contributed by atoms with Crippen LogP contribution in [0.4, 0.5) is 11.4 Å². The van der Waals surface area contributed by atoms with Gasteiger partial charge < -0.3 is 10.0 Å². The van der Waals surface area contributed by atoms with Crippen molar-refractivity contribution < 1.29 is 9.90 Å². The summed E-state index contributed by atoms with van der Waals surface area (Å²) in [6.45, 7) is 4.86. The van der Waals surface area contributed by atoms with Crippen LogP contribution in [0.1, 0.15) is 62.0 Å². The first-order valence-corrected chi connectivity index (χ1v) is 13.1. The maximum absolute atomic E-state index is 11.0. The van der Waals surface area contributed by atoms with E-state index in [1.165, 1.54) is 42.3 Å². The molecule has 1 fully saturated rings. The van der Waals surface area contributed by atoms with Crippen molar-refractivity contribution in [3.63, 3.8) is 0 Å². The number of rotatable bonds is 5. The van der Waals surface area contributed by atoms with Crippen molar-refractivity contribution in [2.24, 2.45) is 0 Å².